The monoisotopic (exact) mass is 285 g/mol. The van der Waals surface area contributed by atoms with Crippen molar-refractivity contribution in [1.82, 2.24) is 0 Å². The van der Waals surface area contributed by atoms with Crippen molar-refractivity contribution in [3.05, 3.63) is 0 Å². The molecule has 15 heavy (non-hydrogen) atoms. The topological polar surface area (TPSA) is 33.1 Å². The first-order valence-electron chi connectivity index (χ1n) is 4.41. The molecule has 0 atom stereocenters. The highest BCUT2D eigenvalue weighted by molar-refractivity contribution is 6.83. The van der Waals surface area contributed by atoms with Crippen LogP contribution in [0.3, 0.4) is 0 Å². The van der Waals surface area contributed by atoms with E-state index < -0.39 is 11.9 Å². The van der Waals surface area contributed by atoms with Gasteiger partial charge in [-0.1, -0.05) is 54.4 Å². The summed E-state index contributed by atoms with van der Waals surface area (Å²) in [5.41, 5.74) is 3.17. The number of ether oxygens (including phenoxy) is 1. The summed E-state index contributed by atoms with van der Waals surface area (Å²) in [4.78, 5) is 0. The molecule has 0 unspecified atom stereocenters. The Hall–Kier alpha value is 0.117. The highest BCUT2D eigenvalue weighted by Crippen LogP contribution is 2.27. The maximum absolute atomic E-state index is 7.24. The SMILES string of the molecule is C[Si](C)(C)C#CCCOC(=N)C(Cl)(Cl)Cl. The molecule has 0 spiro atoms. The fourth-order valence-electron chi connectivity index (χ4n) is 0.614. The predicted octanol–water partition coefficient (Wildman–Crippen LogP) is 3.62. The molecule has 1 N–H and O–H groups in total. The largest absolute Gasteiger partial charge is 0.477 e. The lowest BCUT2D eigenvalue weighted by atomic mass is 10.5. The molecule has 86 valence electrons. The van der Waals surface area contributed by atoms with Gasteiger partial charge in [0.05, 0.1) is 0 Å². The highest BCUT2D eigenvalue weighted by atomic mass is 35.6. The van der Waals surface area contributed by atoms with Crippen LogP contribution in [0.25, 0.3) is 0 Å². The van der Waals surface area contributed by atoms with E-state index >= 15 is 0 Å². The van der Waals surface area contributed by atoms with E-state index in [-0.39, 0.29) is 12.5 Å². The van der Waals surface area contributed by atoms with Crippen LogP contribution in [-0.2, 0) is 4.74 Å². The van der Waals surface area contributed by atoms with Crippen molar-refractivity contribution in [2.24, 2.45) is 0 Å². The molecule has 0 amide bonds. The van der Waals surface area contributed by atoms with Gasteiger partial charge in [0, 0.05) is 6.42 Å². The maximum Gasteiger partial charge on any atom is 0.265 e. The van der Waals surface area contributed by atoms with Gasteiger partial charge < -0.3 is 4.74 Å². The normalized spacial score (nSPS) is 11.6. The summed E-state index contributed by atoms with van der Waals surface area (Å²) in [5.74, 6) is 2.63. The number of nitrogens with one attached hydrogen (secondary N) is 1. The molecular weight excluding hydrogens is 273 g/mol. The van der Waals surface area contributed by atoms with Crippen LogP contribution in [0.15, 0.2) is 0 Å². The smallest absolute Gasteiger partial charge is 0.265 e. The van der Waals surface area contributed by atoms with Crippen molar-refractivity contribution >= 4 is 48.8 Å². The second-order valence-electron chi connectivity index (χ2n) is 3.98. The van der Waals surface area contributed by atoms with Gasteiger partial charge in [-0.15, -0.1) is 11.5 Å². The molecule has 0 radical (unpaired) electrons. The zero-order valence-electron chi connectivity index (χ0n) is 8.96. The van der Waals surface area contributed by atoms with Crippen LogP contribution in [-0.4, -0.2) is 24.4 Å². The van der Waals surface area contributed by atoms with Gasteiger partial charge >= 0.3 is 0 Å². The van der Waals surface area contributed by atoms with Crippen molar-refractivity contribution in [3.63, 3.8) is 0 Å². The van der Waals surface area contributed by atoms with Crippen LogP contribution >= 0.6 is 34.8 Å². The van der Waals surface area contributed by atoms with Crippen LogP contribution in [0.4, 0.5) is 0 Å². The molecule has 0 aliphatic rings. The molecule has 0 aromatic rings. The fraction of sp³-hybridized carbons (Fsp3) is 0.667. The molecule has 0 saturated heterocycles. The van der Waals surface area contributed by atoms with Gasteiger partial charge in [0.1, 0.15) is 14.7 Å². The number of hydrogen-bond acceptors (Lipinski definition) is 2. The summed E-state index contributed by atoms with van der Waals surface area (Å²) in [6, 6.07) is 0. The van der Waals surface area contributed by atoms with E-state index in [1.807, 2.05) is 0 Å². The minimum Gasteiger partial charge on any atom is -0.477 e. The summed E-state index contributed by atoms with van der Waals surface area (Å²) >= 11 is 16.3. The summed E-state index contributed by atoms with van der Waals surface area (Å²) in [6.07, 6.45) is 0.549. The zero-order valence-corrected chi connectivity index (χ0v) is 12.2. The molecule has 0 bridgehead atoms. The Labute approximate surface area is 107 Å². The van der Waals surface area contributed by atoms with Crippen LogP contribution in [0.2, 0.25) is 19.6 Å². The van der Waals surface area contributed by atoms with Gasteiger partial charge in [-0.25, -0.2) is 0 Å². The quantitative estimate of drug-likeness (QED) is 0.206. The molecule has 6 heteroatoms. The molecule has 2 nitrogen and oxygen atoms in total. The molecule has 0 aliphatic heterocycles. The third-order valence-corrected chi connectivity index (χ3v) is 2.64. The van der Waals surface area contributed by atoms with Crippen molar-refractivity contribution in [1.29, 1.82) is 5.41 Å². The predicted molar refractivity (Wildman–Crippen MR) is 69.7 cm³/mol. The molecule has 0 heterocycles. The average Bonchev–Trinajstić information content (AvgIpc) is 1.99. The molecule has 0 aliphatic carbocycles. The lowest BCUT2D eigenvalue weighted by Gasteiger charge is -2.12. The second kappa shape index (κ2) is 6.00. The number of rotatable bonds is 2. The number of alkyl halides is 3. The Morgan fingerprint density at radius 3 is 2.27 bits per heavy atom. The summed E-state index contributed by atoms with van der Waals surface area (Å²) in [7, 11) is -1.32. The lowest BCUT2D eigenvalue weighted by molar-refractivity contribution is 0.305. The van der Waals surface area contributed by atoms with E-state index in [4.69, 9.17) is 44.9 Å². The van der Waals surface area contributed by atoms with Gasteiger partial charge in [0.15, 0.2) is 0 Å². The van der Waals surface area contributed by atoms with Crippen molar-refractivity contribution < 1.29 is 4.74 Å². The summed E-state index contributed by atoms with van der Waals surface area (Å²) in [6.45, 7) is 6.75. The number of halogens is 3. The van der Waals surface area contributed by atoms with E-state index in [0.29, 0.717) is 6.42 Å². The minimum atomic E-state index is -1.77. The first-order valence-corrected chi connectivity index (χ1v) is 9.05. The first-order chi connectivity index (χ1) is 6.63. The van der Waals surface area contributed by atoms with E-state index in [2.05, 4.69) is 31.1 Å². The average molecular weight is 287 g/mol. The Kier molecular flexibility index (Phi) is 6.05. The summed E-state index contributed by atoms with van der Waals surface area (Å²) in [5, 5.41) is 7.24. The third-order valence-electron chi connectivity index (χ3n) is 1.19. The molecule has 0 fully saturated rings. The fourth-order valence-corrected chi connectivity index (χ4v) is 1.43. The van der Waals surface area contributed by atoms with Crippen LogP contribution in [0, 0.1) is 16.9 Å². The standard InChI is InChI=1S/C9H14Cl3NOSi/c1-15(2,3)7-5-4-6-14-8(13)9(10,11)12/h13H,4,6H2,1-3H3. The summed E-state index contributed by atoms with van der Waals surface area (Å²) < 4.78 is 3.15. The van der Waals surface area contributed by atoms with Crippen molar-refractivity contribution in [3.8, 4) is 11.5 Å². The Morgan fingerprint density at radius 1 is 1.33 bits per heavy atom. The van der Waals surface area contributed by atoms with Gasteiger partial charge in [-0.3, -0.25) is 5.41 Å². The highest BCUT2D eigenvalue weighted by Gasteiger charge is 2.28. The van der Waals surface area contributed by atoms with E-state index in [1.165, 1.54) is 0 Å². The van der Waals surface area contributed by atoms with Gasteiger partial charge in [-0.2, -0.15) is 0 Å². The molecule has 0 aromatic heterocycles. The third kappa shape index (κ3) is 9.07. The first kappa shape index (κ1) is 15.1. The van der Waals surface area contributed by atoms with Gasteiger partial charge in [-0.05, 0) is 0 Å². The van der Waals surface area contributed by atoms with Gasteiger partial charge in [0.25, 0.3) is 3.79 Å². The minimum absolute atomic E-state index is 0.282. The molecule has 0 aromatic carbocycles. The van der Waals surface area contributed by atoms with E-state index in [1.54, 1.807) is 0 Å². The lowest BCUT2D eigenvalue weighted by Crippen LogP contribution is -2.21. The van der Waals surface area contributed by atoms with Crippen LogP contribution < -0.4 is 0 Å². The van der Waals surface area contributed by atoms with Gasteiger partial charge in [0.2, 0.25) is 5.90 Å². The van der Waals surface area contributed by atoms with Crippen LogP contribution in [0.5, 0.6) is 0 Å². The Bertz CT molecular complexity index is 282. The zero-order chi connectivity index (χ0) is 12.1. The molecular formula is C9H14Cl3NOSi. The van der Waals surface area contributed by atoms with Crippen LogP contribution in [0.1, 0.15) is 6.42 Å². The van der Waals surface area contributed by atoms with E-state index in [9.17, 15) is 0 Å². The Balaban J connectivity index is 3.82. The van der Waals surface area contributed by atoms with Crippen molar-refractivity contribution in [2.75, 3.05) is 6.61 Å². The van der Waals surface area contributed by atoms with Crippen molar-refractivity contribution in [2.45, 2.75) is 29.9 Å². The van der Waals surface area contributed by atoms with E-state index in [0.717, 1.165) is 0 Å². The molecule has 0 saturated carbocycles. The second-order valence-corrected chi connectivity index (χ2v) is 11.0. The number of hydrogen-bond donors (Lipinski definition) is 1. The molecule has 0 rings (SSSR count). The Morgan fingerprint density at radius 2 is 1.87 bits per heavy atom. The maximum atomic E-state index is 7.24.